The summed E-state index contributed by atoms with van der Waals surface area (Å²) in [5.41, 5.74) is 0.161. The van der Waals surface area contributed by atoms with E-state index in [1.54, 1.807) is 32.1 Å². The second-order valence-corrected chi connectivity index (χ2v) is 2.77. The Morgan fingerprint density at radius 1 is 1.21 bits per heavy atom. The molecule has 2 unspecified atom stereocenters. The normalized spacial score (nSPS) is 17.6. The van der Waals surface area contributed by atoms with Crippen LogP contribution in [0.4, 0.5) is 0 Å². The maximum atomic E-state index is 10.6. The maximum Gasteiger partial charge on any atom is 0.148 e. The van der Waals surface area contributed by atoms with Gasteiger partial charge in [0.15, 0.2) is 0 Å². The average Bonchev–Trinajstić information content (AvgIpc) is 2.19. The summed E-state index contributed by atoms with van der Waals surface area (Å²) in [6.07, 6.45) is 6.22. The highest BCUT2D eigenvalue weighted by Crippen LogP contribution is 2.06. The quantitative estimate of drug-likeness (QED) is 0.298. The van der Waals surface area contributed by atoms with Crippen molar-refractivity contribution in [3.05, 3.63) is 36.0 Å². The molecule has 0 amide bonds. The van der Waals surface area contributed by atoms with Gasteiger partial charge in [0, 0.05) is 5.57 Å². The fraction of sp³-hybridized carbons (Fsp3) is 0.364. The van der Waals surface area contributed by atoms with Gasteiger partial charge in [-0.05, 0) is 13.8 Å². The molecule has 0 spiro atoms. The molecular formula is C11H16O3. The summed E-state index contributed by atoms with van der Waals surface area (Å²) in [5, 5.41) is 18.9. The van der Waals surface area contributed by atoms with E-state index in [2.05, 4.69) is 0 Å². The molecule has 2 N–H and O–H groups in total. The first-order valence-electron chi connectivity index (χ1n) is 4.44. The van der Waals surface area contributed by atoms with Crippen molar-refractivity contribution in [1.82, 2.24) is 0 Å². The Bertz CT molecular complexity index is 251. The Balaban J connectivity index is 4.60. The van der Waals surface area contributed by atoms with Crippen molar-refractivity contribution in [2.24, 2.45) is 0 Å². The van der Waals surface area contributed by atoms with E-state index >= 15 is 0 Å². The van der Waals surface area contributed by atoms with Crippen LogP contribution in [0, 0.1) is 0 Å². The van der Waals surface area contributed by atoms with Gasteiger partial charge in [0.25, 0.3) is 0 Å². The van der Waals surface area contributed by atoms with Crippen LogP contribution in [-0.4, -0.2) is 28.7 Å². The Morgan fingerprint density at radius 2 is 1.86 bits per heavy atom. The molecule has 0 bridgehead atoms. The monoisotopic (exact) mass is 196 g/mol. The summed E-state index contributed by atoms with van der Waals surface area (Å²) in [5.74, 6) is 0. The Kier molecular flexibility index (Phi) is 6.62. The number of rotatable bonds is 5. The number of aliphatic hydroxyl groups is 2. The minimum absolute atomic E-state index is 0.161. The minimum Gasteiger partial charge on any atom is -0.386 e. The fourth-order valence-electron chi connectivity index (χ4n) is 0.915. The minimum atomic E-state index is -1.17. The summed E-state index contributed by atoms with van der Waals surface area (Å²) in [6, 6.07) is 0. The van der Waals surface area contributed by atoms with Crippen LogP contribution in [0.15, 0.2) is 36.0 Å². The van der Waals surface area contributed by atoms with Crippen molar-refractivity contribution in [3.63, 3.8) is 0 Å². The first-order valence-corrected chi connectivity index (χ1v) is 4.44. The number of aliphatic hydroxyl groups excluding tert-OH is 2. The van der Waals surface area contributed by atoms with E-state index in [0.717, 1.165) is 0 Å². The Hall–Kier alpha value is -1.19. The maximum absolute atomic E-state index is 10.6. The van der Waals surface area contributed by atoms with Crippen LogP contribution < -0.4 is 0 Å². The van der Waals surface area contributed by atoms with Gasteiger partial charge >= 0.3 is 0 Å². The van der Waals surface area contributed by atoms with Crippen LogP contribution in [-0.2, 0) is 4.79 Å². The molecule has 0 saturated carbocycles. The molecule has 78 valence electrons. The van der Waals surface area contributed by atoms with Crippen LogP contribution in [0.1, 0.15) is 13.8 Å². The zero-order valence-corrected chi connectivity index (χ0v) is 8.42. The van der Waals surface area contributed by atoms with Gasteiger partial charge in [0.2, 0.25) is 0 Å². The molecule has 0 aliphatic heterocycles. The molecule has 0 aliphatic rings. The largest absolute Gasteiger partial charge is 0.386 e. The van der Waals surface area contributed by atoms with E-state index in [-0.39, 0.29) is 5.57 Å². The highest BCUT2D eigenvalue weighted by Gasteiger charge is 2.16. The first-order chi connectivity index (χ1) is 6.67. The molecule has 0 aromatic heterocycles. The molecule has 0 heterocycles. The lowest BCUT2D eigenvalue weighted by atomic mass is 10.0. The van der Waals surface area contributed by atoms with Crippen LogP contribution in [0.3, 0.4) is 0 Å². The molecule has 0 aromatic rings. The van der Waals surface area contributed by atoms with Crippen LogP contribution >= 0.6 is 0 Å². The van der Waals surface area contributed by atoms with E-state index in [0.29, 0.717) is 6.29 Å². The number of hydrogen-bond acceptors (Lipinski definition) is 3. The number of carbonyl (C=O) groups is 1. The SMILES string of the molecule is CC=CC=C(C=O)C(O)C(O)C=CC. The van der Waals surface area contributed by atoms with Crippen molar-refractivity contribution < 1.29 is 15.0 Å². The third kappa shape index (κ3) is 4.16. The molecule has 0 aromatic carbocycles. The number of carbonyl (C=O) groups excluding carboxylic acids is 1. The van der Waals surface area contributed by atoms with Gasteiger partial charge in [-0.3, -0.25) is 4.79 Å². The highest BCUT2D eigenvalue weighted by molar-refractivity contribution is 5.75. The molecule has 0 saturated heterocycles. The molecule has 14 heavy (non-hydrogen) atoms. The first kappa shape index (κ1) is 12.8. The summed E-state index contributed by atoms with van der Waals surface area (Å²) < 4.78 is 0. The zero-order chi connectivity index (χ0) is 11.0. The molecule has 2 atom stereocenters. The third-order valence-corrected chi connectivity index (χ3v) is 1.67. The van der Waals surface area contributed by atoms with E-state index in [1.807, 2.05) is 0 Å². The summed E-state index contributed by atoms with van der Waals surface area (Å²) in [4.78, 5) is 10.6. The molecule has 0 aliphatic carbocycles. The summed E-state index contributed by atoms with van der Waals surface area (Å²) >= 11 is 0. The van der Waals surface area contributed by atoms with Gasteiger partial charge < -0.3 is 10.2 Å². The molecule has 3 nitrogen and oxygen atoms in total. The zero-order valence-electron chi connectivity index (χ0n) is 8.42. The van der Waals surface area contributed by atoms with Gasteiger partial charge in [-0.15, -0.1) is 0 Å². The standard InChI is InChI=1S/C11H16O3/c1-3-5-7-9(8-12)11(14)10(13)6-4-2/h3-8,10-11,13-14H,1-2H3. The van der Waals surface area contributed by atoms with Gasteiger partial charge in [0.05, 0.1) is 0 Å². The third-order valence-electron chi connectivity index (χ3n) is 1.67. The Morgan fingerprint density at radius 3 is 2.29 bits per heavy atom. The number of hydrogen-bond donors (Lipinski definition) is 2. The predicted octanol–water partition coefficient (Wildman–Crippen LogP) is 0.986. The van der Waals surface area contributed by atoms with Gasteiger partial charge in [-0.1, -0.05) is 30.4 Å². The van der Waals surface area contributed by atoms with Gasteiger partial charge in [-0.2, -0.15) is 0 Å². The van der Waals surface area contributed by atoms with E-state index in [4.69, 9.17) is 0 Å². The predicted molar refractivity (Wildman–Crippen MR) is 55.8 cm³/mol. The number of aldehydes is 1. The molecule has 3 heteroatoms. The van der Waals surface area contributed by atoms with Crippen molar-refractivity contribution in [3.8, 4) is 0 Å². The summed E-state index contributed by atoms with van der Waals surface area (Å²) in [6.45, 7) is 3.53. The molecular weight excluding hydrogens is 180 g/mol. The highest BCUT2D eigenvalue weighted by atomic mass is 16.3. The lowest BCUT2D eigenvalue weighted by molar-refractivity contribution is -0.106. The van der Waals surface area contributed by atoms with Gasteiger partial charge in [-0.25, -0.2) is 0 Å². The smallest absolute Gasteiger partial charge is 0.148 e. The second-order valence-electron chi connectivity index (χ2n) is 2.77. The lowest BCUT2D eigenvalue weighted by Gasteiger charge is -2.13. The van der Waals surface area contributed by atoms with Crippen LogP contribution in [0.25, 0.3) is 0 Å². The average molecular weight is 196 g/mol. The second kappa shape index (κ2) is 7.24. The Labute approximate surface area is 84.1 Å². The van der Waals surface area contributed by atoms with Crippen molar-refractivity contribution in [2.45, 2.75) is 26.1 Å². The number of allylic oxidation sites excluding steroid dienone is 4. The molecule has 0 radical (unpaired) electrons. The van der Waals surface area contributed by atoms with Crippen molar-refractivity contribution in [1.29, 1.82) is 0 Å². The van der Waals surface area contributed by atoms with Crippen molar-refractivity contribution in [2.75, 3.05) is 0 Å². The van der Waals surface area contributed by atoms with E-state index in [1.165, 1.54) is 12.2 Å². The van der Waals surface area contributed by atoms with Crippen LogP contribution in [0.5, 0.6) is 0 Å². The van der Waals surface area contributed by atoms with E-state index < -0.39 is 12.2 Å². The van der Waals surface area contributed by atoms with Crippen molar-refractivity contribution >= 4 is 6.29 Å². The molecule has 0 fully saturated rings. The topological polar surface area (TPSA) is 57.5 Å². The lowest BCUT2D eigenvalue weighted by Crippen LogP contribution is -2.26. The van der Waals surface area contributed by atoms with Crippen LogP contribution in [0.2, 0.25) is 0 Å². The summed E-state index contributed by atoms with van der Waals surface area (Å²) in [7, 11) is 0. The van der Waals surface area contributed by atoms with Gasteiger partial charge in [0.1, 0.15) is 18.5 Å². The fourth-order valence-corrected chi connectivity index (χ4v) is 0.915. The molecule has 0 rings (SSSR count). The van der Waals surface area contributed by atoms with E-state index in [9.17, 15) is 15.0 Å².